The number of nitrogens with zero attached hydrogens (tertiary/aromatic N) is 2. The monoisotopic (exact) mass is 275 g/mol. The van der Waals surface area contributed by atoms with Crippen LogP contribution in [0.4, 0.5) is 5.69 Å². The number of pyridine rings is 1. The minimum atomic E-state index is 0.481. The van der Waals surface area contributed by atoms with Crippen LogP contribution in [0.2, 0.25) is 0 Å². The first-order chi connectivity index (χ1) is 9.27. The van der Waals surface area contributed by atoms with Gasteiger partial charge >= 0.3 is 0 Å². The number of hydrogen-bond acceptors (Lipinski definition) is 3. The summed E-state index contributed by atoms with van der Waals surface area (Å²) in [5.74, 6) is 0.849. The SMILES string of the molecule is NC(=S)c1ccncc1N1CCCC1C1CCCC1. The third kappa shape index (κ3) is 2.46. The van der Waals surface area contributed by atoms with Gasteiger partial charge in [-0.25, -0.2) is 0 Å². The molecule has 1 aromatic rings. The Morgan fingerprint density at radius 1 is 1.26 bits per heavy atom. The van der Waals surface area contributed by atoms with E-state index in [0.717, 1.165) is 23.7 Å². The summed E-state index contributed by atoms with van der Waals surface area (Å²) in [4.78, 5) is 7.27. The van der Waals surface area contributed by atoms with Gasteiger partial charge in [0.25, 0.3) is 0 Å². The Kier molecular flexibility index (Phi) is 3.69. The summed E-state index contributed by atoms with van der Waals surface area (Å²) in [6.45, 7) is 1.11. The molecule has 2 N–H and O–H groups in total. The van der Waals surface area contributed by atoms with E-state index in [0.29, 0.717) is 11.0 Å². The standard InChI is InChI=1S/C15H21N3S/c16-15(19)12-7-8-17-10-14(12)18-9-3-6-13(18)11-4-1-2-5-11/h7-8,10-11,13H,1-6,9H2,(H2,16,19). The maximum Gasteiger partial charge on any atom is 0.106 e. The number of rotatable bonds is 3. The zero-order valence-corrected chi connectivity index (χ0v) is 12.0. The van der Waals surface area contributed by atoms with Crippen LogP contribution in [0.1, 0.15) is 44.1 Å². The number of aromatic nitrogens is 1. The fourth-order valence-electron chi connectivity index (χ4n) is 3.75. The first-order valence-electron chi connectivity index (χ1n) is 7.28. The molecule has 0 radical (unpaired) electrons. The van der Waals surface area contributed by atoms with Gasteiger partial charge in [0.2, 0.25) is 0 Å². The quantitative estimate of drug-likeness (QED) is 0.861. The Hall–Kier alpha value is -1.16. The molecule has 3 rings (SSSR count). The molecule has 1 atom stereocenters. The van der Waals surface area contributed by atoms with Crippen LogP contribution in [0, 0.1) is 5.92 Å². The lowest BCUT2D eigenvalue weighted by Crippen LogP contribution is -2.36. The van der Waals surface area contributed by atoms with Crippen molar-refractivity contribution in [2.45, 2.75) is 44.6 Å². The van der Waals surface area contributed by atoms with E-state index in [9.17, 15) is 0 Å². The summed E-state index contributed by atoms with van der Waals surface area (Å²) in [6, 6.07) is 2.61. The van der Waals surface area contributed by atoms with Crippen LogP contribution in [0.25, 0.3) is 0 Å². The van der Waals surface area contributed by atoms with E-state index in [2.05, 4.69) is 9.88 Å². The fourth-order valence-corrected chi connectivity index (χ4v) is 3.92. The molecule has 1 aliphatic heterocycles. The van der Waals surface area contributed by atoms with Gasteiger partial charge < -0.3 is 10.6 Å². The number of hydrogen-bond donors (Lipinski definition) is 1. The van der Waals surface area contributed by atoms with Crippen molar-refractivity contribution in [1.82, 2.24) is 4.98 Å². The first kappa shape index (κ1) is 12.9. The second kappa shape index (κ2) is 5.45. The summed E-state index contributed by atoms with van der Waals surface area (Å²) < 4.78 is 0. The van der Waals surface area contributed by atoms with E-state index in [1.54, 1.807) is 6.20 Å². The Labute approximate surface area is 120 Å². The van der Waals surface area contributed by atoms with Gasteiger partial charge in [-0.1, -0.05) is 25.1 Å². The van der Waals surface area contributed by atoms with Gasteiger partial charge in [0, 0.05) is 24.3 Å². The van der Waals surface area contributed by atoms with E-state index < -0.39 is 0 Å². The molecule has 4 heteroatoms. The smallest absolute Gasteiger partial charge is 0.106 e. The minimum Gasteiger partial charge on any atom is -0.389 e. The highest BCUT2D eigenvalue weighted by Crippen LogP contribution is 2.38. The summed E-state index contributed by atoms with van der Waals surface area (Å²) in [5.41, 5.74) is 7.98. The summed E-state index contributed by atoms with van der Waals surface area (Å²) in [7, 11) is 0. The second-order valence-corrected chi connectivity index (χ2v) is 6.14. The maximum atomic E-state index is 5.86. The van der Waals surface area contributed by atoms with Crippen molar-refractivity contribution < 1.29 is 0 Å². The van der Waals surface area contributed by atoms with Gasteiger partial charge in [-0.3, -0.25) is 4.98 Å². The van der Waals surface area contributed by atoms with Crippen LogP contribution in [0.3, 0.4) is 0 Å². The average Bonchev–Trinajstić information content (AvgIpc) is 3.09. The van der Waals surface area contributed by atoms with E-state index in [1.165, 1.54) is 38.5 Å². The molecule has 2 heterocycles. The lowest BCUT2D eigenvalue weighted by Gasteiger charge is -2.32. The molecule has 1 saturated carbocycles. The highest BCUT2D eigenvalue weighted by atomic mass is 32.1. The van der Waals surface area contributed by atoms with Gasteiger partial charge in [0.05, 0.1) is 11.9 Å². The molecule has 3 nitrogen and oxygen atoms in total. The Morgan fingerprint density at radius 2 is 2.05 bits per heavy atom. The van der Waals surface area contributed by atoms with Gasteiger partial charge in [-0.2, -0.15) is 0 Å². The average molecular weight is 275 g/mol. The number of thiocarbonyl (C=S) groups is 1. The topological polar surface area (TPSA) is 42.1 Å². The maximum absolute atomic E-state index is 5.86. The summed E-state index contributed by atoms with van der Waals surface area (Å²) >= 11 is 5.18. The van der Waals surface area contributed by atoms with Crippen molar-refractivity contribution in [3.05, 3.63) is 24.0 Å². The molecule has 0 aromatic carbocycles. The highest BCUT2D eigenvalue weighted by Gasteiger charge is 2.34. The number of nitrogens with two attached hydrogens (primary N) is 1. The molecular formula is C15H21N3S. The first-order valence-corrected chi connectivity index (χ1v) is 7.68. The molecule has 1 saturated heterocycles. The largest absolute Gasteiger partial charge is 0.389 e. The third-order valence-corrected chi connectivity index (χ3v) is 4.84. The van der Waals surface area contributed by atoms with E-state index in [-0.39, 0.29) is 0 Å². The molecule has 0 amide bonds. The third-order valence-electron chi connectivity index (χ3n) is 4.62. The van der Waals surface area contributed by atoms with E-state index in [1.807, 2.05) is 12.3 Å². The molecule has 102 valence electrons. The summed E-state index contributed by atoms with van der Waals surface area (Å²) in [6.07, 6.45) is 11.8. The number of anilines is 1. The Bertz CT molecular complexity index is 468. The molecule has 2 aliphatic rings. The molecule has 1 aliphatic carbocycles. The van der Waals surface area contributed by atoms with Crippen molar-refractivity contribution in [2.75, 3.05) is 11.4 Å². The molecule has 1 aromatic heterocycles. The highest BCUT2D eigenvalue weighted by molar-refractivity contribution is 7.80. The van der Waals surface area contributed by atoms with Gasteiger partial charge in [0.15, 0.2) is 0 Å². The predicted molar refractivity (Wildman–Crippen MR) is 82.5 cm³/mol. The minimum absolute atomic E-state index is 0.481. The van der Waals surface area contributed by atoms with E-state index >= 15 is 0 Å². The van der Waals surface area contributed by atoms with Gasteiger partial charge in [-0.15, -0.1) is 0 Å². The molecule has 0 spiro atoms. The predicted octanol–water partition coefficient (Wildman–Crippen LogP) is 2.87. The Morgan fingerprint density at radius 3 is 2.79 bits per heavy atom. The van der Waals surface area contributed by atoms with Crippen molar-refractivity contribution in [3.8, 4) is 0 Å². The van der Waals surface area contributed by atoms with Crippen LogP contribution in [-0.4, -0.2) is 22.6 Å². The van der Waals surface area contributed by atoms with Crippen LogP contribution >= 0.6 is 12.2 Å². The molecule has 0 bridgehead atoms. The van der Waals surface area contributed by atoms with Crippen LogP contribution in [0.5, 0.6) is 0 Å². The van der Waals surface area contributed by atoms with Gasteiger partial charge in [-0.05, 0) is 37.7 Å². The lowest BCUT2D eigenvalue weighted by molar-refractivity contribution is 0.430. The van der Waals surface area contributed by atoms with Crippen molar-refractivity contribution >= 4 is 22.9 Å². The zero-order chi connectivity index (χ0) is 13.2. The van der Waals surface area contributed by atoms with Crippen molar-refractivity contribution in [2.24, 2.45) is 11.7 Å². The van der Waals surface area contributed by atoms with Crippen LogP contribution in [0.15, 0.2) is 18.5 Å². The normalized spacial score (nSPS) is 24.0. The van der Waals surface area contributed by atoms with Crippen molar-refractivity contribution in [3.63, 3.8) is 0 Å². The second-order valence-electron chi connectivity index (χ2n) is 5.70. The van der Waals surface area contributed by atoms with E-state index in [4.69, 9.17) is 18.0 Å². The van der Waals surface area contributed by atoms with Gasteiger partial charge in [0.1, 0.15) is 4.99 Å². The molecule has 1 unspecified atom stereocenters. The molecule has 19 heavy (non-hydrogen) atoms. The van der Waals surface area contributed by atoms with Crippen LogP contribution < -0.4 is 10.6 Å². The van der Waals surface area contributed by atoms with Crippen molar-refractivity contribution in [1.29, 1.82) is 0 Å². The fraction of sp³-hybridized carbons (Fsp3) is 0.600. The molecular weight excluding hydrogens is 254 g/mol. The lowest BCUT2D eigenvalue weighted by atomic mass is 9.95. The molecule has 2 fully saturated rings. The Balaban J connectivity index is 1.90. The van der Waals surface area contributed by atoms with Crippen LogP contribution in [-0.2, 0) is 0 Å². The zero-order valence-electron chi connectivity index (χ0n) is 11.2. The summed E-state index contributed by atoms with van der Waals surface area (Å²) in [5, 5.41) is 0.